The molecule has 1 fully saturated rings. The highest BCUT2D eigenvalue weighted by Gasteiger charge is 2.34. The van der Waals surface area contributed by atoms with E-state index < -0.39 is 5.97 Å². The van der Waals surface area contributed by atoms with Gasteiger partial charge in [-0.3, -0.25) is 9.69 Å². The smallest absolute Gasteiger partial charge is 0.343 e. The second-order valence-electron chi connectivity index (χ2n) is 10.8. The number of fused-ring (bicyclic) bond motifs is 1. The number of benzene rings is 1. The van der Waals surface area contributed by atoms with Crippen LogP contribution in [0.5, 0.6) is 0 Å². The SMILES string of the molecule is CCOC(=O)c1cn(-c2ccc(-c3cc4nc(C)ccc4o3)cc2)nc1N(C(=O)[C@H]1CC[C@H](C)CC1)C(C)C. The number of aromatic nitrogens is 3. The summed E-state index contributed by atoms with van der Waals surface area (Å²) < 4.78 is 13.0. The summed E-state index contributed by atoms with van der Waals surface area (Å²) in [5.41, 5.74) is 4.42. The zero-order valence-electron chi connectivity index (χ0n) is 23.3. The fraction of sp³-hybridized carbons (Fsp3) is 0.419. The summed E-state index contributed by atoms with van der Waals surface area (Å²) in [7, 11) is 0. The van der Waals surface area contributed by atoms with Crippen molar-refractivity contribution in [3.05, 3.63) is 59.9 Å². The molecule has 8 heteroatoms. The molecule has 0 spiro atoms. The lowest BCUT2D eigenvalue weighted by molar-refractivity contribution is -0.124. The van der Waals surface area contributed by atoms with Gasteiger partial charge in [-0.25, -0.2) is 14.5 Å². The van der Waals surface area contributed by atoms with Gasteiger partial charge in [-0.1, -0.05) is 6.92 Å². The van der Waals surface area contributed by atoms with Gasteiger partial charge in [0, 0.05) is 35.5 Å². The first kappa shape index (κ1) is 26.7. The maximum atomic E-state index is 13.7. The average molecular weight is 529 g/mol. The fourth-order valence-corrected chi connectivity index (χ4v) is 5.28. The Labute approximate surface area is 229 Å². The summed E-state index contributed by atoms with van der Waals surface area (Å²) in [4.78, 5) is 32.9. The van der Waals surface area contributed by atoms with E-state index in [-0.39, 0.29) is 30.0 Å². The first-order valence-electron chi connectivity index (χ1n) is 13.8. The Kier molecular flexibility index (Phi) is 7.55. The molecule has 0 N–H and O–H groups in total. The lowest BCUT2D eigenvalue weighted by Crippen LogP contribution is -2.43. The maximum Gasteiger partial charge on any atom is 0.343 e. The first-order chi connectivity index (χ1) is 18.7. The van der Waals surface area contributed by atoms with Crippen LogP contribution < -0.4 is 4.90 Å². The minimum atomic E-state index is -0.490. The second-order valence-corrected chi connectivity index (χ2v) is 10.8. The van der Waals surface area contributed by atoms with Crippen molar-refractivity contribution in [2.24, 2.45) is 11.8 Å². The van der Waals surface area contributed by atoms with Crippen LogP contribution >= 0.6 is 0 Å². The quantitative estimate of drug-likeness (QED) is 0.247. The number of carbonyl (C=O) groups excluding carboxylic acids is 2. The van der Waals surface area contributed by atoms with Gasteiger partial charge in [0.05, 0.1) is 12.3 Å². The summed E-state index contributed by atoms with van der Waals surface area (Å²) >= 11 is 0. The minimum Gasteiger partial charge on any atom is -0.462 e. The maximum absolute atomic E-state index is 13.7. The molecule has 204 valence electrons. The van der Waals surface area contributed by atoms with E-state index in [2.05, 4.69) is 11.9 Å². The van der Waals surface area contributed by atoms with E-state index in [4.69, 9.17) is 14.3 Å². The molecule has 0 aliphatic heterocycles. The van der Waals surface area contributed by atoms with Gasteiger partial charge < -0.3 is 9.15 Å². The Hall–Kier alpha value is -3.94. The largest absolute Gasteiger partial charge is 0.462 e. The van der Waals surface area contributed by atoms with Crippen LogP contribution in [0.1, 0.15) is 69.4 Å². The Balaban J connectivity index is 1.48. The van der Waals surface area contributed by atoms with Crippen molar-refractivity contribution in [1.82, 2.24) is 14.8 Å². The Bertz CT molecular complexity index is 1480. The highest BCUT2D eigenvalue weighted by molar-refractivity contribution is 6.02. The molecule has 0 saturated heterocycles. The van der Waals surface area contributed by atoms with Crippen molar-refractivity contribution in [2.75, 3.05) is 11.5 Å². The zero-order chi connectivity index (χ0) is 27.7. The molecule has 1 aliphatic carbocycles. The first-order valence-corrected chi connectivity index (χ1v) is 13.8. The molecular formula is C31H36N4O4. The van der Waals surface area contributed by atoms with Crippen molar-refractivity contribution in [3.63, 3.8) is 0 Å². The molecule has 1 saturated carbocycles. The summed E-state index contributed by atoms with van der Waals surface area (Å²) in [6.45, 7) is 10.1. The number of nitrogens with zero attached hydrogens (tertiary/aromatic N) is 4. The number of carbonyl (C=O) groups is 2. The molecule has 8 nitrogen and oxygen atoms in total. The zero-order valence-corrected chi connectivity index (χ0v) is 23.3. The third kappa shape index (κ3) is 5.46. The van der Waals surface area contributed by atoms with Crippen molar-refractivity contribution in [2.45, 2.75) is 66.3 Å². The van der Waals surface area contributed by atoms with Gasteiger partial charge in [0.25, 0.3) is 0 Å². The van der Waals surface area contributed by atoms with E-state index in [1.165, 1.54) is 0 Å². The molecule has 0 radical (unpaired) electrons. The van der Waals surface area contributed by atoms with Crippen LogP contribution in [0.25, 0.3) is 28.1 Å². The second kappa shape index (κ2) is 11.0. The van der Waals surface area contributed by atoms with Crippen molar-refractivity contribution in [1.29, 1.82) is 0 Å². The van der Waals surface area contributed by atoms with Crippen LogP contribution in [0.15, 0.2) is 53.1 Å². The van der Waals surface area contributed by atoms with E-state index in [1.807, 2.05) is 63.2 Å². The third-order valence-corrected chi connectivity index (χ3v) is 7.47. The standard InChI is InChI=1S/C31H36N4O4/c1-6-38-31(37)25-18-34(33-29(25)35(19(2)3)30(36)23-10-7-20(4)8-11-23)24-14-12-22(13-15-24)28-17-26-27(39-28)16-9-21(5)32-26/h9,12-20,23H,6-8,10-11H2,1-5H3/t20-,23-. The summed E-state index contributed by atoms with van der Waals surface area (Å²) in [5.74, 6) is 1.17. The number of anilines is 1. The van der Waals surface area contributed by atoms with Crippen LogP contribution in [0.4, 0.5) is 5.82 Å². The van der Waals surface area contributed by atoms with Crippen LogP contribution in [0, 0.1) is 18.8 Å². The molecule has 1 amide bonds. The van der Waals surface area contributed by atoms with E-state index in [9.17, 15) is 9.59 Å². The molecule has 3 aromatic heterocycles. The summed E-state index contributed by atoms with van der Waals surface area (Å²) in [6.07, 6.45) is 5.44. The molecule has 1 aliphatic rings. The van der Waals surface area contributed by atoms with Gasteiger partial charge >= 0.3 is 5.97 Å². The van der Waals surface area contributed by atoms with Gasteiger partial charge in [-0.05, 0) is 95.7 Å². The summed E-state index contributed by atoms with van der Waals surface area (Å²) in [6, 6.07) is 13.3. The molecule has 4 aromatic rings. The predicted molar refractivity (Wildman–Crippen MR) is 151 cm³/mol. The van der Waals surface area contributed by atoms with Gasteiger partial charge in [-0.15, -0.1) is 5.10 Å². The third-order valence-electron chi connectivity index (χ3n) is 7.47. The lowest BCUT2D eigenvalue weighted by Gasteiger charge is -2.32. The normalized spacial score (nSPS) is 17.5. The fourth-order valence-electron chi connectivity index (χ4n) is 5.28. The van der Waals surface area contributed by atoms with Crippen LogP contribution in [0.2, 0.25) is 0 Å². The van der Waals surface area contributed by atoms with E-state index in [0.29, 0.717) is 11.7 Å². The number of amides is 1. The van der Waals surface area contributed by atoms with Gasteiger partial charge in [0.1, 0.15) is 16.8 Å². The highest BCUT2D eigenvalue weighted by atomic mass is 16.5. The Morgan fingerprint density at radius 2 is 1.82 bits per heavy atom. The van der Waals surface area contributed by atoms with Gasteiger partial charge in [-0.2, -0.15) is 0 Å². The van der Waals surface area contributed by atoms with Gasteiger partial charge in [0.2, 0.25) is 5.91 Å². The number of pyridine rings is 1. The number of furan rings is 1. The average Bonchev–Trinajstić information content (AvgIpc) is 3.54. The molecule has 1 aromatic carbocycles. The van der Waals surface area contributed by atoms with Crippen LogP contribution in [-0.2, 0) is 9.53 Å². The summed E-state index contributed by atoms with van der Waals surface area (Å²) in [5, 5.41) is 4.77. The van der Waals surface area contributed by atoms with Crippen LogP contribution in [-0.4, -0.2) is 39.3 Å². The van der Waals surface area contributed by atoms with E-state index in [0.717, 1.165) is 59.5 Å². The predicted octanol–water partition coefficient (Wildman–Crippen LogP) is 6.73. The monoisotopic (exact) mass is 528 g/mol. The molecule has 5 rings (SSSR count). The van der Waals surface area contributed by atoms with Crippen molar-refractivity contribution >= 4 is 28.8 Å². The Morgan fingerprint density at radius 3 is 2.49 bits per heavy atom. The lowest BCUT2D eigenvalue weighted by atomic mass is 9.82. The number of ether oxygens (including phenoxy) is 1. The molecule has 3 heterocycles. The number of esters is 1. The molecule has 0 atom stereocenters. The number of aryl methyl sites for hydroxylation is 1. The molecular weight excluding hydrogens is 492 g/mol. The Morgan fingerprint density at radius 1 is 1.10 bits per heavy atom. The number of hydrogen-bond donors (Lipinski definition) is 0. The molecule has 39 heavy (non-hydrogen) atoms. The van der Waals surface area contributed by atoms with Crippen LogP contribution in [0.3, 0.4) is 0 Å². The molecule has 0 bridgehead atoms. The topological polar surface area (TPSA) is 90.5 Å². The number of hydrogen-bond acceptors (Lipinski definition) is 6. The minimum absolute atomic E-state index is 0.0248. The van der Waals surface area contributed by atoms with Gasteiger partial charge in [0.15, 0.2) is 11.4 Å². The van der Waals surface area contributed by atoms with Crippen molar-refractivity contribution < 1.29 is 18.7 Å². The highest BCUT2D eigenvalue weighted by Crippen LogP contribution is 2.33. The molecule has 0 unspecified atom stereocenters. The van der Waals surface area contributed by atoms with Crippen molar-refractivity contribution in [3.8, 4) is 17.0 Å². The van der Waals surface area contributed by atoms with E-state index in [1.54, 1.807) is 22.7 Å². The van der Waals surface area contributed by atoms with E-state index >= 15 is 0 Å². The number of rotatable bonds is 7.